The van der Waals surface area contributed by atoms with Crippen LogP contribution in [0.25, 0.3) is 11.1 Å². The first-order valence-electron chi connectivity index (χ1n) is 12.6. The van der Waals surface area contributed by atoms with Crippen molar-refractivity contribution in [1.29, 1.82) is 0 Å². The van der Waals surface area contributed by atoms with Crippen molar-refractivity contribution >= 4 is 28.9 Å². The number of aromatic nitrogens is 2. The fourth-order valence-corrected chi connectivity index (χ4v) is 5.73. The largest absolute Gasteiger partial charge is 0.416 e. The third-order valence-electron chi connectivity index (χ3n) is 7.57. The number of benzene rings is 3. The van der Waals surface area contributed by atoms with E-state index >= 15 is 0 Å². The summed E-state index contributed by atoms with van der Waals surface area (Å²) in [5.74, 6) is -1.01. The predicted molar refractivity (Wildman–Crippen MR) is 141 cm³/mol. The Hall–Kier alpha value is -4.53. The lowest BCUT2D eigenvalue weighted by molar-refractivity contribution is -0.138. The first-order chi connectivity index (χ1) is 18.8. The zero-order valence-corrected chi connectivity index (χ0v) is 20.9. The molecule has 0 fully saturated rings. The van der Waals surface area contributed by atoms with Crippen molar-refractivity contribution in [3.05, 3.63) is 102 Å². The van der Waals surface area contributed by atoms with Gasteiger partial charge >= 0.3 is 6.18 Å². The van der Waals surface area contributed by atoms with Crippen molar-refractivity contribution in [3.8, 4) is 11.1 Å². The van der Waals surface area contributed by atoms with Gasteiger partial charge in [-0.15, -0.1) is 0 Å². The molecule has 1 atom stereocenters. The Morgan fingerprint density at radius 1 is 0.872 bits per heavy atom. The maximum Gasteiger partial charge on any atom is 0.416 e. The number of aryl methyl sites for hydroxylation is 1. The Bertz CT molecular complexity index is 1590. The lowest BCUT2D eigenvalue weighted by Gasteiger charge is -2.32. The predicted octanol–water partition coefficient (Wildman–Crippen LogP) is 6.08. The van der Waals surface area contributed by atoms with Gasteiger partial charge in [0.05, 0.1) is 16.9 Å². The second-order valence-electron chi connectivity index (χ2n) is 9.63. The second kappa shape index (κ2) is 9.04. The van der Waals surface area contributed by atoms with E-state index in [9.17, 15) is 22.8 Å². The molecule has 1 aromatic heterocycles. The standard InChI is InChI=1S/C30H23F3N4O2/c1-2-36-25-11-9-22(30(31,32)33)15-26(25)37(23-6-4-3-5-7-23)28(39)29(27(36)38)13-12-20-14-19(8-10-24(20)29)21-16-34-18-35-17-21/h3-11,14-18H,2,12-13H2,1H3. The van der Waals surface area contributed by atoms with E-state index in [1.54, 1.807) is 55.7 Å². The molecule has 0 radical (unpaired) electrons. The summed E-state index contributed by atoms with van der Waals surface area (Å²) in [5.41, 5.74) is 1.25. The molecule has 6 rings (SSSR count). The molecule has 196 valence electrons. The normalized spacial score (nSPS) is 18.8. The van der Waals surface area contributed by atoms with Crippen molar-refractivity contribution in [2.75, 3.05) is 16.3 Å². The first-order valence-corrected chi connectivity index (χ1v) is 12.6. The number of anilines is 3. The molecule has 2 aliphatic rings. The molecule has 4 aromatic rings. The van der Waals surface area contributed by atoms with Gasteiger partial charge in [0.15, 0.2) is 5.41 Å². The van der Waals surface area contributed by atoms with Gasteiger partial charge in [0.25, 0.3) is 5.91 Å². The van der Waals surface area contributed by atoms with E-state index in [1.807, 2.05) is 12.1 Å². The van der Waals surface area contributed by atoms with Gasteiger partial charge in [-0.05, 0) is 66.8 Å². The van der Waals surface area contributed by atoms with E-state index in [0.29, 0.717) is 17.7 Å². The summed E-state index contributed by atoms with van der Waals surface area (Å²) in [7, 11) is 0. The highest BCUT2D eigenvalue weighted by Crippen LogP contribution is 2.50. The molecule has 2 heterocycles. The van der Waals surface area contributed by atoms with Crippen LogP contribution in [-0.4, -0.2) is 28.3 Å². The Kier molecular flexibility index (Phi) is 5.75. The zero-order chi connectivity index (χ0) is 27.4. The molecule has 3 aromatic carbocycles. The topological polar surface area (TPSA) is 66.4 Å². The molecule has 1 spiro atoms. The number of amides is 2. The maximum atomic E-state index is 14.7. The van der Waals surface area contributed by atoms with E-state index in [0.717, 1.165) is 28.8 Å². The maximum absolute atomic E-state index is 14.7. The summed E-state index contributed by atoms with van der Waals surface area (Å²) >= 11 is 0. The van der Waals surface area contributed by atoms with Crippen LogP contribution in [0, 0.1) is 0 Å². The number of carbonyl (C=O) groups is 2. The minimum absolute atomic E-state index is 0.0274. The van der Waals surface area contributed by atoms with Crippen LogP contribution < -0.4 is 9.80 Å². The summed E-state index contributed by atoms with van der Waals surface area (Å²) in [5, 5.41) is 0. The Morgan fingerprint density at radius 2 is 1.62 bits per heavy atom. The third-order valence-corrected chi connectivity index (χ3v) is 7.57. The number of carbonyl (C=O) groups excluding carboxylic acids is 2. The number of nitrogens with zero attached hydrogens (tertiary/aromatic N) is 4. The van der Waals surface area contributed by atoms with Crippen LogP contribution in [0.2, 0.25) is 0 Å². The fraction of sp³-hybridized carbons (Fsp3) is 0.200. The summed E-state index contributed by atoms with van der Waals surface area (Å²) in [6.45, 7) is 1.94. The van der Waals surface area contributed by atoms with Gasteiger partial charge in [0.2, 0.25) is 5.91 Å². The highest BCUT2D eigenvalue weighted by molar-refractivity contribution is 6.27. The van der Waals surface area contributed by atoms with Gasteiger partial charge in [-0.25, -0.2) is 9.97 Å². The van der Waals surface area contributed by atoms with Gasteiger partial charge in [-0.1, -0.05) is 36.4 Å². The molecule has 2 amide bonds. The molecule has 6 nitrogen and oxygen atoms in total. The minimum atomic E-state index is -4.62. The number of halogens is 3. The second-order valence-corrected chi connectivity index (χ2v) is 9.63. The molecule has 39 heavy (non-hydrogen) atoms. The smallest absolute Gasteiger partial charge is 0.309 e. The van der Waals surface area contributed by atoms with Crippen LogP contribution in [0.15, 0.2) is 85.5 Å². The summed E-state index contributed by atoms with van der Waals surface area (Å²) in [6, 6.07) is 17.3. The van der Waals surface area contributed by atoms with E-state index in [4.69, 9.17) is 0 Å². The quantitative estimate of drug-likeness (QED) is 0.303. The molecular weight excluding hydrogens is 505 g/mol. The van der Waals surface area contributed by atoms with Gasteiger partial charge in [-0.2, -0.15) is 13.2 Å². The van der Waals surface area contributed by atoms with Gasteiger partial charge in [0.1, 0.15) is 6.33 Å². The van der Waals surface area contributed by atoms with Crippen LogP contribution in [0.3, 0.4) is 0 Å². The number of hydrogen-bond donors (Lipinski definition) is 0. The summed E-state index contributed by atoms with van der Waals surface area (Å²) < 4.78 is 41.5. The number of likely N-dealkylation sites (N-methyl/N-ethyl adjacent to an activating group) is 1. The zero-order valence-electron chi connectivity index (χ0n) is 20.9. The van der Waals surface area contributed by atoms with Crippen LogP contribution in [-0.2, 0) is 27.6 Å². The van der Waals surface area contributed by atoms with Crippen LogP contribution in [0.4, 0.5) is 30.2 Å². The van der Waals surface area contributed by atoms with Crippen LogP contribution in [0.1, 0.15) is 30.0 Å². The van der Waals surface area contributed by atoms with Crippen molar-refractivity contribution in [1.82, 2.24) is 9.97 Å². The third kappa shape index (κ3) is 3.79. The molecule has 0 bridgehead atoms. The van der Waals surface area contributed by atoms with Crippen molar-refractivity contribution in [3.63, 3.8) is 0 Å². The molecule has 0 saturated carbocycles. The monoisotopic (exact) mass is 528 g/mol. The molecule has 1 aliphatic heterocycles. The van der Waals surface area contributed by atoms with Crippen molar-refractivity contribution in [2.45, 2.75) is 31.4 Å². The highest BCUT2D eigenvalue weighted by atomic mass is 19.4. The summed E-state index contributed by atoms with van der Waals surface area (Å²) in [6.07, 6.45) is 0.850. The number of para-hydroxylation sites is 1. The average molecular weight is 529 g/mol. The SMILES string of the molecule is CCN1C(=O)C2(CCc3cc(-c4cncnc4)ccc32)C(=O)N(c2ccccc2)c2cc(C(F)(F)F)ccc21. The number of rotatable bonds is 3. The highest BCUT2D eigenvalue weighted by Gasteiger charge is 2.57. The van der Waals surface area contributed by atoms with Crippen LogP contribution in [0.5, 0.6) is 0 Å². The minimum Gasteiger partial charge on any atom is -0.309 e. The number of alkyl halides is 3. The molecule has 9 heteroatoms. The number of fused-ring (bicyclic) bond motifs is 3. The lowest BCUT2D eigenvalue weighted by Crippen LogP contribution is -2.53. The fourth-order valence-electron chi connectivity index (χ4n) is 5.73. The van der Waals surface area contributed by atoms with E-state index in [1.165, 1.54) is 22.2 Å². The van der Waals surface area contributed by atoms with Crippen molar-refractivity contribution in [2.24, 2.45) is 0 Å². The first kappa shape index (κ1) is 24.8. The Labute approximate surface area is 222 Å². The van der Waals surface area contributed by atoms with Gasteiger partial charge in [0, 0.05) is 30.2 Å². The van der Waals surface area contributed by atoms with E-state index < -0.39 is 29.0 Å². The molecule has 0 N–H and O–H groups in total. The molecular formula is C30H23F3N4O2. The Morgan fingerprint density at radius 3 is 2.31 bits per heavy atom. The molecule has 1 aliphatic carbocycles. The summed E-state index contributed by atoms with van der Waals surface area (Å²) in [4.78, 5) is 39.9. The number of hydrogen-bond acceptors (Lipinski definition) is 4. The average Bonchev–Trinajstić information content (AvgIpc) is 3.31. The van der Waals surface area contributed by atoms with Crippen molar-refractivity contribution < 1.29 is 22.8 Å². The molecule has 0 saturated heterocycles. The van der Waals surface area contributed by atoms with E-state index in [2.05, 4.69) is 9.97 Å². The van der Waals surface area contributed by atoms with Crippen LogP contribution >= 0.6 is 0 Å². The Balaban J connectivity index is 1.59. The van der Waals surface area contributed by atoms with E-state index in [-0.39, 0.29) is 24.3 Å². The van der Waals surface area contributed by atoms with Gasteiger partial charge in [-0.3, -0.25) is 14.5 Å². The lowest BCUT2D eigenvalue weighted by atomic mass is 9.78. The molecule has 1 unspecified atom stereocenters. The van der Waals surface area contributed by atoms with Gasteiger partial charge < -0.3 is 4.90 Å².